The van der Waals surface area contributed by atoms with Gasteiger partial charge in [0, 0.05) is 32.1 Å². The van der Waals surface area contributed by atoms with Crippen LogP contribution < -0.4 is 0 Å². The van der Waals surface area contributed by atoms with Crippen molar-refractivity contribution in [2.24, 2.45) is 0 Å². The SMILES string of the molecule is CC(C)c1ccccc1-n1c(SCC(=O)N(C)C)nnc1-c1cccnc1. The van der Waals surface area contributed by atoms with Gasteiger partial charge in [-0.1, -0.05) is 43.8 Å². The predicted octanol–water partition coefficient (Wildman–Crippen LogP) is 3.63. The van der Waals surface area contributed by atoms with Crippen molar-refractivity contribution in [2.45, 2.75) is 24.9 Å². The van der Waals surface area contributed by atoms with Crippen LogP contribution in [0.15, 0.2) is 53.9 Å². The third kappa shape index (κ3) is 4.19. The number of carbonyl (C=O) groups is 1. The van der Waals surface area contributed by atoms with Crippen molar-refractivity contribution < 1.29 is 4.79 Å². The molecule has 0 aliphatic heterocycles. The van der Waals surface area contributed by atoms with Crippen molar-refractivity contribution >= 4 is 17.7 Å². The first-order valence-corrected chi connectivity index (χ1v) is 9.75. The number of benzene rings is 1. The van der Waals surface area contributed by atoms with Gasteiger partial charge < -0.3 is 4.90 Å². The normalized spacial score (nSPS) is 11.0. The second kappa shape index (κ2) is 8.35. The Bertz CT molecular complexity index is 921. The summed E-state index contributed by atoms with van der Waals surface area (Å²) in [5.74, 6) is 1.40. The zero-order valence-corrected chi connectivity index (χ0v) is 16.8. The molecule has 0 bridgehead atoms. The van der Waals surface area contributed by atoms with Crippen molar-refractivity contribution in [2.75, 3.05) is 19.8 Å². The summed E-state index contributed by atoms with van der Waals surface area (Å²) in [5.41, 5.74) is 3.11. The van der Waals surface area contributed by atoms with E-state index in [2.05, 4.69) is 41.2 Å². The van der Waals surface area contributed by atoms with E-state index in [1.807, 2.05) is 28.8 Å². The van der Waals surface area contributed by atoms with Gasteiger partial charge in [-0.2, -0.15) is 0 Å². The standard InChI is InChI=1S/C20H23N5OS/c1-14(2)16-9-5-6-10-17(16)25-19(15-8-7-11-21-12-15)22-23-20(25)27-13-18(26)24(3)4/h5-12,14H,13H2,1-4H3. The average molecular weight is 382 g/mol. The molecule has 2 aromatic heterocycles. The largest absolute Gasteiger partial charge is 0.348 e. The number of aromatic nitrogens is 4. The van der Waals surface area contributed by atoms with Crippen LogP contribution >= 0.6 is 11.8 Å². The van der Waals surface area contributed by atoms with Crippen LogP contribution in [0.2, 0.25) is 0 Å². The molecule has 0 radical (unpaired) electrons. The van der Waals surface area contributed by atoms with E-state index >= 15 is 0 Å². The zero-order valence-electron chi connectivity index (χ0n) is 16.0. The van der Waals surface area contributed by atoms with Crippen LogP contribution in [-0.2, 0) is 4.79 Å². The van der Waals surface area contributed by atoms with Gasteiger partial charge in [-0.05, 0) is 29.7 Å². The highest BCUT2D eigenvalue weighted by Gasteiger charge is 2.20. The first kappa shape index (κ1) is 19.1. The lowest BCUT2D eigenvalue weighted by Gasteiger charge is -2.17. The summed E-state index contributed by atoms with van der Waals surface area (Å²) >= 11 is 1.39. The van der Waals surface area contributed by atoms with Crippen molar-refractivity contribution in [3.8, 4) is 17.1 Å². The van der Waals surface area contributed by atoms with Gasteiger partial charge in [-0.3, -0.25) is 14.3 Å². The molecule has 0 saturated carbocycles. The maximum Gasteiger partial charge on any atom is 0.232 e. The lowest BCUT2D eigenvalue weighted by molar-refractivity contribution is -0.125. The van der Waals surface area contributed by atoms with Crippen LogP contribution in [-0.4, -0.2) is 50.4 Å². The van der Waals surface area contributed by atoms with E-state index in [-0.39, 0.29) is 5.91 Å². The fourth-order valence-electron chi connectivity index (χ4n) is 2.70. The van der Waals surface area contributed by atoms with Gasteiger partial charge in [0.2, 0.25) is 5.91 Å². The zero-order chi connectivity index (χ0) is 19.4. The Kier molecular flexibility index (Phi) is 5.91. The Morgan fingerprint density at radius 3 is 2.59 bits per heavy atom. The molecule has 0 atom stereocenters. The van der Waals surface area contributed by atoms with Crippen LogP contribution in [0.5, 0.6) is 0 Å². The Balaban J connectivity index is 2.11. The molecular weight excluding hydrogens is 358 g/mol. The summed E-state index contributed by atoms with van der Waals surface area (Å²) in [6.45, 7) is 4.32. The number of carbonyl (C=O) groups excluding carboxylic acids is 1. The van der Waals surface area contributed by atoms with E-state index in [0.717, 1.165) is 17.1 Å². The van der Waals surface area contributed by atoms with Crippen LogP contribution in [0, 0.1) is 0 Å². The summed E-state index contributed by atoms with van der Waals surface area (Å²) in [6.07, 6.45) is 3.51. The van der Waals surface area contributed by atoms with E-state index in [4.69, 9.17) is 0 Å². The van der Waals surface area contributed by atoms with Gasteiger partial charge >= 0.3 is 0 Å². The van der Waals surface area contributed by atoms with Gasteiger partial charge in [0.25, 0.3) is 0 Å². The molecule has 0 spiro atoms. The number of hydrogen-bond acceptors (Lipinski definition) is 5. The lowest BCUT2D eigenvalue weighted by atomic mass is 10.0. The fourth-order valence-corrected chi connectivity index (χ4v) is 3.62. The molecule has 3 rings (SSSR count). The Morgan fingerprint density at radius 2 is 1.93 bits per heavy atom. The number of thioether (sulfide) groups is 1. The average Bonchev–Trinajstić information content (AvgIpc) is 3.10. The van der Waals surface area contributed by atoms with Gasteiger partial charge in [0.1, 0.15) is 0 Å². The van der Waals surface area contributed by atoms with E-state index < -0.39 is 0 Å². The highest BCUT2D eigenvalue weighted by molar-refractivity contribution is 7.99. The number of nitrogens with zero attached hydrogens (tertiary/aromatic N) is 5. The van der Waals surface area contributed by atoms with Crippen molar-refractivity contribution in [3.63, 3.8) is 0 Å². The number of amides is 1. The summed E-state index contributed by atoms with van der Waals surface area (Å²) in [4.78, 5) is 17.8. The summed E-state index contributed by atoms with van der Waals surface area (Å²) in [7, 11) is 3.51. The number of para-hydroxylation sites is 1. The van der Waals surface area contributed by atoms with E-state index in [9.17, 15) is 4.79 Å². The maximum absolute atomic E-state index is 12.1. The van der Waals surface area contributed by atoms with E-state index in [1.165, 1.54) is 17.3 Å². The predicted molar refractivity (Wildman–Crippen MR) is 108 cm³/mol. The minimum absolute atomic E-state index is 0.0367. The Labute approximate surface area is 163 Å². The monoisotopic (exact) mass is 381 g/mol. The Morgan fingerprint density at radius 1 is 1.15 bits per heavy atom. The summed E-state index contributed by atoms with van der Waals surface area (Å²) in [5, 5.41) is 9.48. The molecule has 6 nitrogen and oxygen atoms in total. The maximum atomic E-state index is 12.1. The first-order chi connectivity index (χ1) is 13.0. The van der Waals surface area contributed by atoms with Crippen molar-refractivity contribution in [3.05, 3.63) is 54.4 Å². The molecule has 27 heavy (non-hydrogen) atoms. The van der Waals surface area contributed by atoms with Gasteiger partial charge in [-0.15, -0.1) is 10.2 Å². The molecule has 0 unspecified atom stereocenters. The van der Waals surface area contributed by atoms with Crippen LogP contribution in [0.3, 0.4) is 0 Å². The molecule has 0 aliphatic rings. The van der Waals surface area contributed by atoms with E-state index in [0.29, 0.717) is 16.8 Å². The summed E-state index contributed by atoms with van der Waals surface area (Å²) in [6, 6.07) is 12.1. The molecular formula is C20H23N5OS. The molecule has 1 amide bonds. The highest BCUT2D eigenvalue weighted by Crippen LogP contribution is 2.31. The molecule has 1 aromatic carbocycles. The number of rotatable bonds is 6. The molecule has 7 heteroatoms. The van der Waals surface area contributed by atoms with Crippen LogP contribution in [0.1, 0.15) is 25.3 Å². The molecule has 3 aromatic rings. The second-order valence-electron chi connectivity index (χ2n) is 6.67. The molecule has 0 N–H and O–H groups in total. The third-order valence-corrected chi connectivity index (χ3v) is 5.09. The molecule has 0 aliphatic carbocycles. The van der Waals surface area contributed by atoms with Crippen LogP contribution in [0.4, 0.5) is 0 Å². The van der Waals surface area contributed by atoms with Gasteiger partial charge in [-0.25, -0.2) is 0 Å². The number of pyridine rings is 1. The van der Waals surface area contributed by atoms with Crippen molar-refractivity contribution in [1.82, 2.24) is 24.6 Å². The second-order valence-corrected chi connectivity index (χ2v) is 7.62. The Hall–Kier alpha value is -2.67. The number of hydrogen-bond donors (Lipinski definition) is 0. The fraction of sp³-hybridized carbons (Fsp3) is 0.300. The topological polar surface area (TPSA) is 63.9 Å². The first-order valence-electron chi connectivity index (χ1n) is 8.77. The van der Waals surface area contributed by atoms with Crippen molar-refractivity contribution in [1.29, 1.82) is 0 Å². The quantitative estimate of drug-likeness (QED) is 0.610. The molecule has 140 valence electrons. The third-order valence-electron chi connectivity index (χ3n) is 4.18. The molecule has 0 saturated heterocycles. The van der Waals surface area contributed by atoms with E-state index in [1.54, 1.807) is 31.4 Å². The minimum Gasteiger partial charge on any atom is -0.348 e. The minimum atomic E-state index is 0.0367. The summed E-state index contributed by atoms with van der Waals surface area (Å²) < 4.78 is 2.03. The van der Waals surface area contributed by atoms with Gasteiger partial charge in [0.15, 0.2) is 11.0 Å². The van der Waals surface area contributed by atoms with Gasteiger partial charge in [0.05, 0.1) is 11.4 Å². The highest BCUT2D eigenvalue weighted by atomic mass is 32.2. The molecule has 0 fully saturated rings. The smallest absolute Gasteiger partial charge is 0.232 e. The lowest BCUT2D eigenvalue weighted by Crippen LogP contribution is -2.23. The van der Waals surface area contributed by atoms with Crippen LogP contribution in [0.25, 0.3) is 17.1 Å². The molecule has 2 heterocycles.